The van der Waals surface area contributed by atoms with Crippen molar-refractivity contribution in [2.45, 2.75) is 39.2 Å². The monoisotopic (exact) mass is 201 g/mol. The van der Waals surface area contributed by atoms with Crippen LogP contribution in [0.1, 0.15) is 33.1 Å². The van der Waals surface area contributed by atoms with Crippen LogP contribution in [0.2, 0.25) is 0 Å². The lowest BCUT2D eigenvalue weighted by Crippen LogP contribution is -2.44. The van der Waals surface area contributed by atoms with Gasteiger partial charge in [-0.2, -0.15) is 0 Å². The zero-order valence-corrected chi connectivity index (χ0v) is 9.37. The smallest absolute Gasteiger partial charge is 0.0667 e. The first-order chi connectivity index (χ1) is 6.59. The normalized spacial score (nSPS) is 28.7. The second kappa shape index (κ2) is 5.10. The van der Waals surface area contributed by atoms with Crippen LogP contribution in [0.15, 0.2) is 0 Å². The van der Waals surface area contributed by atoms with Crippen LogP contribution in [0, 0.1) is 5.41 Å². The Morgan fingerprint density at radius 2 is 2.21 bits per heavy atom. The molecule has 0 spiro atoms. The van der Waals surface area contributed by atoms with Gasteiger partial charge >= 0.3 is 0 Å². The third-order valence-corrected chi connectivity index (χ3v) is 3.32. The summed E-state index contributed by atoms with van der Waals surface area (Å²) < 4.78 is 0. The molecule has 0 bridgehead atoms. The van der Waals surface area contributed by atoms with Crippen LogP contribution in [0.4, 0.5) is 0 Å². The van der Waals surface area contributed by atoms with Gasteiger partial charge in [-0.3, -0.25) is 0 Å². The maximum atomic E-state index is 9.52. The van der Waals surface area contributed by atoms with E-state index in [1.54, 1.807) is 0 Å². The first kappa shape index (κ1) is 12.0. The van der Waals surface area contributed by atoms with Crippen molar-refractivity contribution in [2.75, 3.05) is 26.2 Å². The number of piperidine rings is 1. The van der Waals surface area contributed by atoms with E-state index in [4.69, 9.17) is 0 Å². The second-order valence-corrected chi connectivity index (χ2v) is 4.85. The number of hydrogen-bond acceptors (Lipinski definition) is 3. The Labute approximate surface area is 86.7 Å². The predicted molar refractivity (Wildman–Crippen MR) is 57.2 cm³/mol. The molecule has 0 aliphatic carbocycles. The summed E-state index contributed by atoms with van der Waals surface area (Å²) >= 11 is 0. The number of aliphatic hydroxyl groups excluding tert-OH is 2. The van der Waals surface area contributed by atoms with E-state index in [1.807, 2.05) is 0 Å². The average Bonchev–Trinajstić information content (AvgIpc) is 2.18. The molecule has 2 unspecified atom stereocenters. The minimum Gasteiger partial charge on any atom is -0.396 e. The molecule has 0 amide bonds. The molecule has 1 aliphatic heterocycles. The standard InChI is InChI=1S/C11H23NO2/c1-3-11(2,9-13)8-12-6-4-5-10(14)7-12/h10,13-14H,3-9H2,1-2H3. The van der Waals surface area contributed by atoms with Gasteiger partial charge in [0.25, 0.3) is 0 Å². The molecule has 3 heteroatoms. The molecular formula is C11H23NO2. The zero-order valence-electron chi connectivity index (χ0n) is 9.37. The van der Waals surface area contributed by atoms with E-state index in [9.17, 15) is 10.2 Å². The summed E-state index contributed by atoms with van der Waals surface area (Å²) in [5.41, 5.74) is -0.00292. The highest BCUT2D eigenvalue weighted by atomic mass is 16.3. The summed E-state index contributed by atoms with van der Waals surface area (Å²) in [5.74, 6) is 0. The minimum atomic E-state index is -0.163. The van der Waals surface area contributed by atoms with Gasteiger partial charge in [-0.05, 0) is 25.8 Å². The molecule has 14 heavy (non-hydrogen) atoms. The van der Waals surface area contributed by atoms with E-state index in [2.05, 4.69) is 18.7 Å². The first-order valence-corrected chi connectivity index (χ1v) is 5.61. The number of rotatable bonds is 4. The maximum Gasteiger partial charge on any atom is 0.0667 e. The van der Waals surface area contributed by atoms with Crippen LogP contribution < -0.4 is 0 Å². The van der Waals surface area contributed by atoms with Crippen molar-refractivity contribution in [1.29, 1.82) is 0 Å². The highest BCUT2D eigenvalue weighted by Crippen LogP contribution is 2.23. The third kappa shape index (κ3) is 3.23. The Morgan fingerprint density at radius 1 is 1.50 bits per heavy atom. The van der Waals surface area contributed by atoms with Crippen molar-refractivity contribution in [3.8, 4) is 0 Å². The lowest BCUT2D eigenvalue weighted by molar-refractivity contribution is 0.0272. The fourth-order valence-corrected chi connectivity index (χ4v) is 1.99. The number of hydrogen-bond donors (Lipinski definition) is 2. The molecule has 2 N–H and O–H groups in total. The van der Waals surface area contributed by atoms with Crippen molar-refractivity contribution in [3.63, 3.8) is 0 Å². The van der Waals surface area contributed by atoms with Crippen LogP contribution in [0.5, 0.6) is 0 Å². The van der Waals surface area contributed by atoms with Crippen LogP contribution in [-0.4, -0.2) is 47.5 Å². The summed E-state index contributed by atoms with van der Waals surface area (Å²) in [6, 6.07) is 0. The largest absolute Gasteiger partial charge is 0.396 e. The van der Waals surface area contributed by atoms with E-state index in [-0.39, 0.29) is 18.1 Å². The van der Waals surface area contributed by atoms with Crippen LogP contribution in [0.3, 0.4) is 0 Å². The van der Waals surface area contributed by atoms with Crippen LogP contribution in [-0.2, 0) is 0 Å². The van der Waals surface area contributed by atoms with E-state index in [0.29, 0.717) is 0 Å². The van der Waals surface area contributed by atoms with Crippen molar-refractivity contribution < 1.29 is 10.2 Å². The lowest BCUT2D eigenvalue weighted by Gasteiger charge is -2.37. The van der Waals surface area contributed by atoms with E-state index < -0.39 is 0 Å². The Bertz CT molecular complexity index is 169. The first-order valence-electron chi connectivity index (χ1n) is 5.61. The summed E-state index contributed by atoms with van der Waals surface area (Å²) in [6.07, 6.45) is 2.82. The molecular weight excluding hydrogens is 178 g/mol. The molecule has 0 radical (unpaired) electrons. The van der Waals surface area contributed by atoms with Crippen LogP contribution >= 0.6 is 0 Å². The van der Waals surface area contributed by atoms with Crippen molar-refractivity contribution in [3.05, 3.63) is 0 Å². The Kier molecular flexibility index (Phi) is 4.35. The van der Waals surface area contributed by atoms with Gasteiger partial charge in [0.1, 0.15) is 0 Å². The number of nitrogens with zero attached hydrogens (tertiary/aromatic N) is 1. The summed E-state index contributed by atoms with van der Waals surface area (Å²) in [4.78, 5) is 2.27. The van der Waals surface area contributed by atoms with Crippen molar-refractivity contribution >= 4 is 0 Å². The van der Waals surface area contributed by atoms with Gasteiger partial charge in [0, 0.05) is 25.1 Å². The molecule has 3 nitrogen and oxygen atoms in total. The molecule has 0 aromatic carbocycles. The molecule has 0 aromatic rings. The molecule has 1 heterocycles. The van der Waals surface area contributed by atoms with Gasteiger partial charge in [0.05, 0.1) is 6.10 Å². The Morgan fingerprint density at radius 3 is 2.71 bits per heavy atom. The second-order valence-electron chi connectivity index (χ2n) is 4.85. The number of β-amino-alcohol motifs (C(OH)–C–C–N with tert-alkyl or cyclic N) is 1. The quantitative estimate of drug-likeness (QED) is 0.709. The molecule has 1 fully saturated rings. The average molecular weight is 201 g/mol. The number of likely N-dealkylation sites (tertiary alicyclic amines) is 1. The predicted octanol–water partition coefficient (Wildman–Crippen LogP) is 0.852. The molecule has 1 rings (SSSR count). The van der Waals surface area contributed by atoms with E-state index in [1.165, 1.54) is 0 Å². The summed E-state index contributed by atoms with van der Waals surface area (Å²) in [5, 5.41) is 18.8. The van der Waals surface area contributed by atoms with Crippen molar-refractivity contribution in [2.24, 2.45) is 5.41 Å². The van der Waals surface area contributed by atoms with Gasteiger partial charge in [0.15, 0.2) is 0 Å². The van der Waals surface area contributed by atoms with Gasteiger partial charge in [-0.1, -0.05) is 13.8 Å². The van der Waals surface area contributed by atoms with E-state index in [0.717, 1.165) is 38.9 Å². The Hall–Kier alpha value is -0.120. The number of aliphatic hydroxyl groups is 2. The molecule has 1 aliphatic rings. The lowest BCUT2D eigenvalue weighted by atomic mass is 9.87. The molecule has 1 saturated heterocycles. The van der Waals surface area contributed by atoms with Gasteiger partial charge in [-0.15, -0.1) is 0 Å². The molecule has 84 valence electrons. The van der Waals surface area contributed by atoms with Gasteiger partial charge in [0.2, 0.25) is 0 Å². The minimum absolute atomic E-state index is 0.00292. The topological polar surface area (TPSA) is 43.7 Å². The zero-order chi connectivity index (χ0) is 10.6. The molecule has 2 atom stereocenters. The SMILES string of the molecule is CCC(C)(CO)CN1CCCC(O)C1. The van der Waals surface area contributed by atoms with E-state index >= 15 is 0 Å². The fraction of sp³-hybridized carbons (Fsp3) is 1.00. The van der Waals surface area contributed by atoms with Gasteiger partial charge in [-0.25, -0.2) is 0 Å². The fourth-order valence-electron chi connectivity index (χ4n) is 1.99. The molecule has 0 saturated carbocycles. The van der Waals surface area contributed by atoms with Crippen LogP contribution in [0.25, 0.3) is 0 Å². The summed E-state index contributed by atoms with van der Waals surface area (Å²) in [7, 11) is 0. The Balaban J connectivity index is 2.41. The highest BCUT2D eigenvalue weighted by Gasteiger charge is 2.27. The summed E-state index contributed by atoms with van der Waals surface area (Å²) in [6.45, 7) is 7.18. The maximum absolute atomic E-state index is 9.52. The molecule has 0 aromatic heterocycles. The van der Waals surface area contributed by atoms with Gasteiger partial charge < -0.3 is 15.1 Å². The van der Waals surface area contributed by atoms with Crippen molar-refractivity contribution in [1.82, 2.24) is 4.90 Å². The highest BCUT2D eigenvalue weighted by molar-refractivity contribution is 4.80. The third-order valence-electron chi connectivity index (χ3n) is 3.32.